The molecule has 0 heterocycles. The first-order chi connectivity index (χ1) is 7.30. The molecule has 0 aliphatic rings. The van der Waals surface area contributed by atoms with Crippen LogP contribution in [0, 0.1) is 11.3 Å². The molecule has 2 heteroatoms. The zero-order valence-electron chi connectivity index (χ0n) is 9.53. The average Bonchev–Trinajstić information content (AvgIpc) is 2.29. The van der Waals surface area contributed by atoms with Gasteiger partial charge in [0.2, 0.25) is 0 Å². The molecule has 0 bridgehead atoms. The van der Waals surface area contributed by atoms with Gasteiger partial charge in [-0.3, -0.25) is 4.90 Å². The predicted molar refractivity (Wildman–Crippen MR) is 62.4 cm³/mol. The van der Waals surface area contributed by atoms with Gasteiger partial charge in [0, 0.05) is 6.54 Å². The fourth-order valence-corrected chi connectivity index (χ4v) is 1.66. The number of nitrogens with zero attached hydrogens (tertiary/aromatic N) is 2. The third-order valence-electron chi connectivity index (χ3n) is 2.45. The first kappa shape index (κ1) is 11.7. The summed E-state index contributed by atoms with van der Waals surface area (Å²) in [5, 5.41) is 8.79. The van der Waals surface area contributed by atoms with Crippen molar-refractivity contribution in [3.63, 3.8) is 0 Å². The number of rotatable bonds is 5. The minimum atomic E-state index is 0.750. The van der Waals surface area contributed by atoms with Crippen LogP contribution in [-0.2, 0) is 6.54 Å². The first-order valence-electron chi connectivity index (χ1n) is 5.51. The lowest BCUT2D eigenvalue weighted by Gasteiger charge is -2.19. The van der Waals surface area contributed by atoms with Gasteiger partial charge in [0.05, 0.1) is 11.6 Å². The zero-order chi connectivity index (χ0) is 11.1. The Hall–Kier alpha value is -1.33. The molecule has 0 fully saturated rings. The van der Waals surface area contributed by atoms with Gasteiger partial charge in [-0.25, -0.2) is 0 Å². The van der Waals surface area contributed by atoms with Gasteiger partial charge in [0.25, 0.3) is 0 Å². The van der Waals surface area contributed by atoms with Gasteiger partial charge < -0.3 is 0 Å². The van der Waals surface area contributed by atoms with Crippen molar-refractivity contribution in [2.45, 2.75) is 26.8 Å². The third kappa shape index (κ3) is 3.73. The molecule has 0 N–H and O–H groups in total. The molecule has 80 valence electrons. The van der Waals surface area contributed by atoms with Crippen molar-refractivity contribution in [3.8, 4) is 6.07 Å². The molecule has 0 unspecified atom stereocenters. The molecule has 0 atom stereocenters. The topological polar surface area (TPSA) is 27.0 Å². The van der Waals surface area contributed by atoms with E-state index < -0.39 is 0 Å². The van der Waals surface area contributed by atoms with Crippen LogP contribution in [0.2, 0.25) is 0 Å². The second-order valence-corrected chi connectivity index (χ2v) is 3.68. The second-order valence-electron chi connectivity index (χ2n) is 3.68. The molecule has 0 spiro atoms. The highest BCUT2D eigenvalue weighted by Gasteiger charge is 2.02. The van der Waals surface area contributed by atoms with E-state index >= 15 is 0 Å². The van der Waals surface area contributed by atoms with Crippen LogP contribution in [0.5, 0.6) is 0 Å². The molecule has 1 rings (SSSR count). The minimum absolute atomic E-state index is 0.750. The summed E-state index contributed by atoms with van der Waals surface area (Å²) in [5.74, 6) is 0. The van der Waals surface area contributed by atoms with Crippen molar-refractivity contribution in [3.05, 3.63) is 35.4 Å². The van der Waals surface area contributed by atoms with E-state index in [0.29, 0.717) is 0 Å². The van der Waals surface area contributed by atoms with E-state index in [4.69, 9.17) is 5.26 Å². The van der Waals surface area contributed by atoms with Crippen molar-refractivity contribution in [1.29, 1.82) is 5.26 Å². The zero-order valence-corrected chi connectivity index (χ0v) is 9.53. The van der Waals surface area contributed by atoms with Crippen molar-refractivity contribution in [1.82, 2.24) is 4.90 Å². The highest BCUT2D eigenvalue weighted by molar-refractivity contribution is 5.32. The highest BCUT2D eigenvalue weighted by atomic mass is 15.1. The van der Waals surface area contributed by atoms with Crippen LogP contribution in [0.15, 0.2) is 24.3 Å². The standard InChI is InChI=1S/C13H18N2/c1-3-8-15(4-2)11-13-7-5-6-12(9-13)10-14/h5-7,9H,3-4,8,11H2,1-2H3. The number of nitriles is 1. The second kappa shape index (κ2) is 6.21. The van der Waals surface area contributed by atoms with Gasteiger partial charge in [-0.05, 0) is 37.2 Å². The van der Waals surface area contributed by atoms with E-state index in [0.717, 1.165) is 25.2 Å². The van der Waals surface area contributed by atoms with Crippen molar-refractivity contribution >= 4 is 0 Å². The van der Waals surface area contributed by atoms with Crippen LogP contribution in [0.25, 0.3) is 0 Å². The molecule has 1 aromatic rings. The first-order valence-corrected chi connectivity index (χ1v) is 5.51. The highest BCUT2D eigenvalue weighted by Crippen LogP contribution is 2.07. The van der Waals surface area contributed by atoms with Gasteiger partial charge in [-0.15, -0.1) is 0 Å². The summed E-state index contributed by atoms with van der Waals surface area (Å²) in [6.45, 7) is 7.48. The maximum Gasteiger partial charge on any atom is 0.0991 e. The molecular weight excluding hydrogens is 184 g/mol. The molecule has 15 heavy (non-hydrogen) atoms. The minimum Gasteiger partial charge on any atom is -0.299 e. The summed E-state index contributed by atoms with van der Waals surface area (Å²) in [6.07, 6.45) is 1.17. The summed E-state index contributed by atoms with van der Waals surface area (Å²) >= 11 is 0. The van der Waals surface area contributed by atoms with Gasteiger partial charge in [-0.2, -0.15) is 5.26 Å². The molecule has 0 radical (unpaired) electrons. The van der Waals surface area contributed by atoms with Crippen LogP contribution in [0.1, 0.15) is 31.4 Å². The van der Waals surface area contributed by atoms with Gasteiger partial charge in [0.15, 0.2) is 0 Å². The maximum atomic E-state index is 8.79. The van der Waals surface area contributed by atoms with E-state index in [2.05, 4.69) is 30.9 Å². The van der Waals surface area contributed by atoms with Crippen LogP contribution in [0.4, 0.5) is 0 Å². The number of hydrogen-bond donors (Lipinski definition) is 0. The number of hydrogen-bond acceptors (Lipinski definition) is 2. The van der Waals surface area contributed by atoms with Crippen LogP contribution in [0.3, 0.4) is 0 Å². The molecule has 0 aliphatic carbocycles. The Kier molecular flexibility index (Phi) is 4.86. The van der Waals surface area contributed by atoms with Crippen LogP contribution in [-0.4, -0.2) is 18.0 Å². The largest absolute Gasteiger partial charge is 0.299 e. The third-order valence-corrected chi connectivity index (χ3v) is 2.45. The summed E-state index contributed by atoms with van der Waals surface area (Å²) in [6, 6.07) is 10.0. The predicted octanol–water partition coefficient (Wildman–Crippen LogP) is 2.79. The Balaban J connectivity index is 2.66. The quantitative estimate of drug-likeness (QED) is 0.734. The smallest absolute Gasteiger partial charge is 0.0991 e. The fraction of sp³-hybridized carbons (Fsp3) is 0.462. The Morgan fingerprint density at radius 3 is 2.73 bits per heavy atom. The van der Waals surface area contributed by atoms with E-state index in [1.807, 2.05) is 18.2 Å². The Morgan fingerprint density at radius 2 is 2.13 bits per heavy atom. The van der Waals surface area contributed by atoms with Gasteiger partial charge in [0.1, 0.15) is 0 Å². The van der Waals surface area contributed by atoms with Crippen LogP contribution < -0.4 is 0 Å². The van der Waals surface area contributed by atoms with Gasteiger partial charge in [-0.1, -0.05) is 26.0 Å². The molecule has 0 saturated heterocycles. The van der Waals surface area contributed by atoms with Crippen molar-refractivity contribution in [2.24, 2.45) is 0 Å². The van der Waals surface area contributed by atoms with Gasteiger partial charge >= 0.3 is 0 Å². The monoisotopic (exact) mass is 202 g/mol. The summed E-state index contributed by atoms with van der Waals surface area (Å²) in [7, 11) is 0. The van der Waals surface area contributed by atoms with E-state index in [1.165, 1.54) is 12.0 Å². The summed E-state index contributed by atoms with van der Waals surface area (Å²) in [5.41, 5.74) is 1.98. The Bertz CT molecular complexity index is 339. The van der Waals surface area contributed by atoms with Crippen molar-refractivity contribution in [2.75, 3.05) is 13.1 Å². The van der Waals surface area contributed by atoms with Crippen molar-refractivity contribution < 1.29 is 0 Å². The fourth-order valence-electron chi connectivity index (χ4n) is 1.66. The SMILES string of the molecule is CCCN(CC)Cc1cccc(C#N)c1. The molecule has 0 aromatic heterocycles. The molecule has 1 aromatic carbocycles. The van der Waals surface area contributed by atoms with E-state index in [-0.39, 0.29) is 0 Å². The molecule has 0 amide bonds. The molecule has 2 nitrogen and oxygen atoms in total. The molecule has 0 saturated carbocycles. The normalized spacial score (nSPS) is 10.3. The van der Waals surface area contributed by atoms with E-state index in [9.17, 15) is 0 Å². The Morgan fingerprint density at radius 1 is 1.33 bits per heavy atom. The maximum absolute atomic E-state index is 8.79. The van der Waals surface area contributed by atoms with Crippen LogP contribution >= 0.6 is 0 Å². The van der Waals surface area contributed by atoms with E-state index in [1.54, 1.807) is 0 Å². The lowest BCUT2D eigenvalue weighted by atomic mass is 10.1. The Labute approximate surface area is 92.1 Å². The number of benzene rings is 1. The lowest BCUT2D eigenvalue weighted by molar-refractivity contribution is 0.280. The average molecular weight is 202 g/mol. The summed E-state index contributed by atoms with van der Waals surface area (Å²) < 4.78 is 0. The summed E-state index contributed by atoms with van der Waals surface area (Å²) in [4.78, 5) is 2.39. The molecular formula is C13H18N2. The lowest BCUT2D eigenvalue weighted by Crippen LogP contribution is -2.23. The molecule has 0 aliphatic heterocycles.